The van der Waals surface area contributed by atoms with Crippen molar-refractivity contribution < 1.29 is 31.8 Å². The number of aromatic nitrogens is 2. The van der Waals surface area contributed by atoms with Crippen molar-refractivity contribution in [1.82, 2.24) is 9.55 Å². The largest absolute Gasteiger partial charge is 0.493 e. The first-order valence-electron chi connectivity index (χ1n) is 14.1. The molecule has 0 spiro atoms. The van der Waals surface area contributed by atoms with E-state index in [0.29, 0.717) is 27.2 Å². The van der Waals surface area contributed by atoms with Gasteiger partial charge in [-0.05, 0) is 59.2 Å². The maximum atomic E-state index is 13.4. The molecule has 1 amide bonds. The molecule has 0 aliphatic carbocycles. The van der Waals surface area contributed by atoms with E-state index in [0.717, 1.165) is 35.7 Å². The molecular weight excluding hydrogens is 666 g/mol. The summed E-state index contributed by atoms with van der Waals surface area (Å²) in [5.74, 6) is -0.120. The molecule has 0 aliphatic rings. The summed E-state index contributed by atoms with van der Waals surface area (Å²) in [5.41, 5.74) is 7.97. The van der Waals surface area contributed by atoms with Crippen LogP contribution in [0.15, 0.2) is 96.2 Å². The zero-order chi connectivity index (χ0) is 35.0. The Morgan fingerprint density at radius 1 is 0.898 bits per heavy atom. The number of halogens is 5. The molecule has 0 saturated heterocycles. The zero-order valence-corrected chi connectivity index (χ0v) is 27.2. The summed E-state index contributed by atoms with van der Waals surface area (Å²) in [6.45, 7) is -0.00567. The van der Waals surface area contributed by atoms with E-state index < -0.39 is 35.4 Å². The number of alkyl halides is 3. The Morgan fingerprint density at radius 3 is 2.06 bits per heavy atom. The van der Waals surface area contributed by atoms with Crippen molar-refractivity contribution in [3.8, 4) is 50.9 Å². The fourth-order valence-electron chi connectivity index (χ4n) is 4.74. The number of benzene rings is 3. The molecular formula is C35H30ClF4N5O4. The number of anilines is 2. The first kappa shape index (κ1) is 37.6. The minimum atomic E-state index is -4.62. The number of nitrogen functional groups attached to an aromatic ring is 1. The normalized spacial score (nSPS) is 10.5. The van der Waals surface area contributed by atoms with E-state index in [-0.39, 0.29) is 35.0 Å². The summed E-state index contributed by atoms with van der Waals surface area (Å²) in [4.78, 5) is 30.7. The number of rotatable bonds is 8. The third-order valence-electron chi connectivity index (χ3n) is 6.93. The van der Waals surface area contributed by atoms with Crippen molar-refractivity contribution in [3.05, 3.63) is 113 Å². The van der Waals surface area contributed by atoms with Crippen LogP contribution in [0, 0.1) is 17.1 Å². The van der Waals surface area contributed by atoms with Gasteiger partial charge in [-0.25, -0.2) is 9.37 Å². The summed E-state index contributed by atoms with van der Waals surface area (Å²) in [6, 6.07) is 20.2. The number of nitrogens with zero attached hydrogens (tertiary/aromatic N) is 3. The van der Waals surface area contributed by atoms with Crippen LogP contribution in [-0.4, -0.2) is 35.9 Å². The van der Waals surface area contributed by atoms with Crippen LogP contribution < -0.4 is 26.0 Å². The number of ether oxygens (including phenoxy) is 2. The Kier molecular flexibility index (Phi) is 12.5. The summed E-state index contributed by atoms with van der Waals surface area (Å²) in [7, 11) is 3.08. The molecule has 0 unspecified atom stereocenters. The van der Waals surface area contributed by atoms with Crippen molar-refractivity contribution in [1.29, 1.82) is 5.26 Å². The molecule has 14 heteroatoms. The van der Waals surface area contributed by atoms with Gasteiger partial charge >= 0.3 is 6.18 Å². The minimum absolute atomic E-state index is 0. The first-order valence-corrected chi connectivity index (χ1v) is 14.1. The molecule has 49 heavy (non-hydrogen) atoms. The molecule has 3 aromatic carbocycles. The number of carbonyl (C=O) groups excluding carboxylic acids is 1. The van der Waals surface area contributed by atoms with E-state index in [1.165, 1.54) is 26.2 Å². The second-order valence-corrected chi connectivity index (χ2v) is 10.2. The van der Waals surface area contributed by atoms with Crippen molar-refractivity contribution in [3.63, 3.8) is 0 Å². The Labute approximate surface area is 285 Å². The fourth-order valence-corrected chi connectivity index (χ4v) is 4.74. The van der Waals surface area contributed by atoms with Crippen molar-refractivity contribution in [2.24, 2.45) is 0 Å². The predicted octanol–water partition coefficient (Wildman–Crippen LogP) is 7.75. The van der Waals surface area contributed by atoms with Crippen LogP contribution in [0.2, 0.25) is 0 Å². The maximum Gasteiger partial charge on any atom is 0.406 e. The van der Waals surface area contributed by atoms with Crippen molar-refractivity contribution in [2.75, 3.05) is 25.3 Å². The van der Waals surface area contributed by atoms with E-state index in [9.17, 15) is 27.2 Å². The Bertz CT molecular complexity index is 2030. The van der Waals surface area contributed by atoms with E-state index in [1.54, 1.807) is 49.7 Å². The highest BCUT2D eigenvalue weighted by atomic mass is 35.5. The van der Waals surface area contributed by atoms with Crippen LogP contribution >= 0.6 is 12.4 Å². The van der Waals surface area contributed by atoms with Crippen LogP contribution in [-0.2, 0) is 6.54 Å². The average molecular weight is 696 g/mol. The number of carbonyl (C=O) groups is 1. The lowest BCUT2D eigenvalue weighted by atomic mass is 10.0. The van der Waals surface area contributed by atoms with Crippen molar-refractivity contribution in [2.45, 2.75) is 19.6 Å². The summed E-state index contributed by atoms with van der Waals surface area (Å²) in [6.07, 6.45) is -1.16. The van der Waals surface area contributed by atoms with Gasteiger partial charge in [-0.1, -0.05) is 30.3 Å². The van der Waals surface area contributed by atoms with Crippen LogP contribution in [0.25, 0.3) is 33.4 Å². The number of methoxy groups -OCH3 is 2. The van der Waals surface area contributed by atoms with Gasteiger partial charge in [0.15, 0.2) is 11.5 Å². The van der Waals surface area contributed by atoms with E-state index in [4.69, 9.17) is 20.5 Å². The van der Waals surface area contributed by atoms with Gasteiger partial charge in [0.25, 0.3) is 5.91 Å². The van der Waals surface area contributed by atoms with Crippen LogP contribution in [0.4, 0.5) is 29.1 Å². The number of nitrogens with one attached hydrogen (secondary N) is 1. The summed E-state index contributed by atoms with van der Waals surface area (Å²) >= 11 is 0. The molecule has 2 aromatic heterocycles. The lowest BCUT2D eigenvalue weighted by Crippen LogP contribution is -2.27. The molecule has 5 rings (SSSR count). The molecule has 0 atom stereocenters. The molecule has 0 aliphatic heterocycles. The van der Waals surface area contributed by atoms with E-state index in [2.05, 4.69) is 10.3 Å². The van der Waals surface area contributed by atoms with Crippen LogP contribution in [0.5, 0.6) is 11.5 Å². The minimum Gasteiger partial charge on any atom is -0.493 e. The standard InChI is InChI=1S/C33H26F4N4O4.C2H3N.ClH/c1-44-28-12-7-21(14-29(28)45-2)22-13-25(31(38)39-15-22)19-5-10-24(11-6-19)40-32(43)27-17-41(18-33(35,36)37)16-26(30(27)42)20-3-8-23(34)9-4-20;1-2-3;/h3-17H,18H2,1-2H3,(H2,38,39)(H,40,43);1H3;1H. The lowest BCUT2D eigenvalue weighted by molar-refractivity contribution is -0.140. The molecule has 2 heterocycles. The lowest BCUT2D eigenvalue weighted by Gasteiger charge is -2.14. The van der Waals surface area contributed by atoms with Gasteiger partial charge < -0.3 is 25.1 Å². The van der Waals surface area contributed by atoms with Crippen molar-refractivity contribution >= 4 is 29.8 Å². The second kappa shape index (κ2) is 16.3. The molecule has 254 valence electrons. The smallest absolute Gasteiger partial charge is 0.406 e. The van der Waals surface area contributed by atoms with E-state index >= 15 is 0 Å². The third-order valence-corrected chi connectivity index (χ3v) is 6.93. The fraction of sp³-hybridized carbons (Fsp3) is 0.143. The van der Waals surface area contributed by atoms with Gasteiger partial charge in [-0.15, -0.1) is 12.4 Å². The molecule has 0 radical (unpaired) electrons. The molecule has 0 fully saturated rings. The van der Waals surface area contributed by atoms with E-state index in [1.807, 2.05) is 18.2 Å². The highest BCUT2D eigenvalue weighted by Crippen LogP contribution is 2.35. The van der Waals surface area contributed by atoms with Gasteiger partial charge in [0.2, 0.25) is 5.43 Å². The molecule has 5 aromatic rings. The molecule has 0 saturated carbocycles. The molecule has 0 bridgehead atoms. The zero-order valence-electron chi connectivity index (χ0n) is 26.3. The first-order chi connectivity index (χ1) is 22.9. The number of nitrogens with two attached hydrogens (primary N) is 1. The SMILES string of the molecule is CC#N.COc1ccc(-c2cnc(N)c(-c3ccc(NC(=O)c4cn(CC(F)(F)F)cc(-c5ccc(F)cc5)c4=O)cc3)c2)cc1OC.Cl. The Morgan fingerprint density at radius 2 is 1.47 bits per heavy atom. The predicted molar refractivity (Wildman–Crippen MR) is 181 cm³/mol. The van der Waals surface area contributed by atoms with Crippen LogP contribution in [0.3, 0.4) is 0 Å². The third kappa shape index (κ3) is 9.36. The summed E-state index contributed by atoms with van der Waals surface area (Å²) in [5, 5.41) is 9.88. The number of hydrogen-bond donors (Lipinski definition) is 2. The Hall–Kier alpha value is -5.87. The van der Waals surface area contributed by atoms with Crippen LogP contribution in [0.1, 0.15) is 17.3 Å². The highest BCUT2D eigenvalue weighted by Gasteiger charge is 2.29. The molecule has 3 N–H and O–H groups in total. The number of hydrogen-bond acceptors (Lipinski definition) is 7. The second-order valence-electron chi connectivity index (χ2n) is 10.2. The number of amides is 1. The van der Waals surface area contributed by atoms with Gasteiger partial charge in [-0.3, -0.25) is 9.59 Å². The average Bonchev–Trinajstić information content (AvgIpc) is 3.06. The maximum absolute atomic E-state index is 13.4. The number of nitriles is 1. The summed E-state index contributed by atoms with van der Waals surface area (Å²) < 4.78 is 64.5. The monoisotopic (exact) mass is 695 g/mol. The Balaban J connectivity index is 0.00000157. The van der Waals surface area contributed by atoms with Gasteiger partial charge in [-0.2, -0.15) is 18.4 Å². The van der Waals surface area contributed by atoms with Gasteiger partial charge in [0, 0.05) is 47.9 Å². The van der Waals surface area contributed by atoms with Gasteiger partial charge in [0.05, 0.1) is 20.3 Å². The molecule has 9 nitrogen and oxygen atoms in total. The topological polar surface area (TPSA) is 132 Å². The van der Waals surface area contributed by atoms with Gasteiger partial charge in [0.1, 0.15) is 23.7 Å². The highest BCUT2D eigenvalue weighted by molar-refractivity contribution is 6.04. The quantitative estimate of drug-likeness (QED) is 0.159. The number of pyridine rings is 2.